The van der Waals surface area contributed by atoms with E-state index in [2.05, 4.69) is 21.0 Å². The molecular weight excluding hydrogens is 288 g/mol. The summed E-state index contributed by atoms with van der Waals surface area (Å²) in [6.45, 7) is 3.48. The molecule has 5 heteroatoms. The Hall–Kier alpha value is -2.95. The summed E-state index contributed by atoms with van der Waals surface area (Å²) in [5.41, 5.74) is 4.73. The van der Waals surface area contributed by atoms with Crippen molar-refractivity contribution in [2.24, 2.45) is 0 Å². The van der Waals surface area contributed by atoms with Gasteiger partial charge in [-0.2, -0.15) is 0 Å². The Morgan fingerprint density at radius 2 is 2.00 bits per heavy atom. The molecule has 0 atom stereocenters. The van der Waals surface area contributed by atoms with Gasteiger partial charge in [-0.1, -0.05) is 0 Å². The maximum Gasteiger partial charge on any atom is 0.223 e. The summed E-state index contributed by atoms with van der Waals surface area (Å²) in [4.78, 5) is 24.8. The Morgan fingerprint density at radius 3 is 2.78 bits per heavy atom. The number of rotatable bonds is 3. The summed E-state index contributed by atoms with van der Waals surface area (Å²) in [5, 5.41) is 1.07. The SMILES string of the molecule is CC(=O)N(C)/C=C(\C)c1cc(-c2cnc3[nH]ccc3c2)ccn1. The predicted octanol–water partition coefficient (Wildman–Crippen LogP) is 3.46. The van der Waals surface area contributed by atoms with Gasteiger partial charge in [-0.3, -0.25) is 9.78 Å². The standard InChI is InChI=1S/C18H18N4O/c1-12(11-22(3)13(2)23)17-9-14(4-6-19-17)16-8-15-5-7-20-18(15)21-10-16/h4-11H,1-3H3,(H,20,21)/b12-11+. The molecule has 0 aliphatic rings. The molecular formula is C18H18N4O. The van der Waals surface area contributed by atoms with Gasteiger partial charge in [0.1, 0.15) is 5.65 Å². The number of nitrogens with one attached hydrogen (secondary N) is 1. The number of aromatic amines is 1. The first kappa shape index (κ1) is 15.0. The van der Waals surface area contributed by atoms with E-state index in [1.807, 2.05) is 37.5 Å². The van der Waals surface area contributed by atoms with Crippen LogP contribution < -0.4 is 0 Å². The molecule has 3 aromatic heterocycles. The number of fused-ring (bicyclic) bond motifs is 1. The first-order chi connectivity index (χ1) is 11.0. The van der Waals surface area contributed by atoms with Crippen molar-refractivity contribution in [2.75, 3.05) is 7.05 Å². The van der Waals surface area contributed by atoms with Crippen LogP contribution in [0.5, 0.6) is 0 Å². The van der Waals surface area contributed by atoms with Crippen LogP contribution in [0.3, 0.4) is 0 Å². The van der Waals surface area contributed by atoms with Gasteiger partial charge >= 0.3 is 0 Å². The van der Waals surface area contributed by atoms with E-state index in [9.17, 15) is 4.79 Å². The normalized spacial score (nSPS) is 11.7. The van der Waals surface area contributed by atoms with Gasteiger partial charge in [0, 0.05) is 49.7 Å². The van der Waals surface area contributed by atoms with Crippen molar-refractivity contribution in [2.45, 2.75) is 13.8 Å². The zero-order valence-corrected chi connectivity index (χ0v) is 13.4. The molecule has 0 unspecified atom stereocenters. The Bertz CT molecular complexity index is 895. The molecule has 116 valence electrons. The molecule has 5 nitrogen and oxygen atoms in total. The molecule has 1 amide bonds. The average Bonchev–Trinajstić information content (AvgIpc) is 3.02. The highest BCUT2D eigenvalue weighted by molar-refractivity contribution is 5.82. The number of hydrogen-bond donors (Lipinski definition) is 1. The zero-order chi connectivity index (χ0) is 16.4. The van der Waals surface area contributed by atoms with Gasteiger partial charge < -0.3 is 9.88 Å². The van der Waals surface area contributed by atoms with Crippen molar-refractivity contribution in [3.63, 3.8) is 0 Å². The first-order valence-corrected chi connectivity index (χ1v) is 7.36. The van der Waals surface area contributed by atoms with Crippen LogP contribution in [0.4, 0.5) is 0 Å². The van der Waals surface area contributed by atoms with Crippen LogP contribution >= 0.6 is 0 Å². The monoisotopic (exact) mass is 306 g/mol. The largest absolute Gasteiger partial charge is 0.346 e. The number of nitrogens with zero attached hydrogens (tertiary/aromatic N) is 3. The van der Waals surface area contributed by atoms with E-state index in [1.165, 1.54) is 6.92 Å². The molecule has 3 aromatic rings. The van der Waals surface area contributed by atoms with E-state index >= 15 is 0 Å². The lowest BCUT2D eigenvalue weighted by Gasteiger charge is -2.11. The van der Waals surface area contributed by atoms with Gasteiger partial charge in [-0.25, -0.2) is 4.98 Å². The number of pyridine rings is 2. The van der Waals surface area contributed by atoms with E-state index in [4.69, 9.17) is 0 Å². The molecule has 1 N–H and O–H groups in total. The van der Waals surface area contributed by atoms with Gasteiger partial charge in [0.15, 0.2) is 0 Å². The summed E-state index contributed by atoms with van der Waals surface area (Å²) < 4.78 is 0. The fraction of sp³-hybridized carbons (Fsp3) is 0.167. The fourth-order valence-corrected chi connectivity index (χ4v) is 2.37. The maximum absolute atomic E-state index is 11.3. The van der Waals surface area contributed by atoms with Gasteiger partial charge in [0.2, 0.25) is 5.91 Å². The van der Waals surface area contributed by atoms with Crippen LogP contribution in [-0.4, -0.2) is 32.8 Å². The third kappa shape index (κ3) is 3.13. The highest BCUT2D eigenvalue weighted by Crippen LogP contribution is 2.24. The predicted molar refractivity (Wildman–Crippen MR) is 91.4 cm³/mol. The average molecular weight is 306 g/mol. The van der Waals surface area contributed by atoms with Crippen molar-refractivity contribution in [1.82, 2.24) is 19.9 Å². The minimum atomic E-state index is -0.0115. The lowest BCUT2D eigenvalue weighted by atomic mass is 10.1. The smallest absolute Gasteiger partial charge is 0.223 e. The Balaban J connectivity index is 1.97. The zero-order valence-electron chi connectivity index (χ0n) is 13.4. The maximum atomic E-state index is 11.3. The summed E-state index contributed by atoms with van der Waals surface area (Å²) in [6, 6.07) is 8.07. The number of carbonyl (C=O) groups is 1. The molecule has 0 aliphatic heterocycles. The molecule has 23 heavy (non-hydrogen) atoms. The summed E-state index contributed by atoms with van der Waals surface area (Å²) in [6.07, 6.45) is 7.29. The molecule has 0 aliphatic carbocycles. The van der Waals surface area contributed by atoms with Crippen molar-refractivity contribution >= 4 is 22.5 Å². The summed E-state index contributed by atoms with van der Waals surface area (Å²) >= 11 is 0. The van der Waals surface area contributed by atoms with Crippen LogP contribution in [0, 0.1) is 0 Å². The van der Waals surface area contributed by atoms with Crippen molar-refractivity contribution < 1.29 is 4.79 Å². The van der Waals surface area contributed by atoms with Gasteiger partial charge in [-0.05, 0) is 42.3 Å². The van der Waals surface area contributed by atoms with Gasteiger partial charge in [0.25, 0.3) is 0 Å². The molecule has 0 radical (unpaired) electrons. The molecule has 0 fully saturated rings. The van der Waals surface area contributed by atoms with E-state index in [1.54, 1.807) is 24.3 Å². The van der Waals surface area contributed by atoms with Crippen molar-refractivity contribution in [3.05, 3.63) is 54.7 Å². The minimum absolute atomic E-state index is 0.0115. The van der Waals surface area contributed by atoms with Crippen molar-refractivity contribution in [1.29, 1.82) is 0 Å². The summed E-state index contributed by atoms with van der Waals surface area (Å²) in [7, 11) is 1.74. The second-order valence-electron chi connectivity index (χ2n) is 5.51. The molecule has 0 saturated heterocycles. The second-order valence-corrected chi connectivity index (χ2v) is 5.51. The Labute approximate surface area is 134 Å². The number of aromatic nitrogens is 3. The summed E-state index contributed by atoms with van der Waals surface area (Å²) in [5.74, 6) is -0.0115. The highest BCUT2D eigenvalue weighted by Gasteiger charge is 2.06. The second kappa shape index (κ2) is 6.04. The van der Waals surface area contributed by atoms with E-state index in [0.29, 0.717) is 0 Å². The molecule has 0 spiro atoms. The van der Waals surface area contributed by atoms with Gasteiger partial charge in [-0.15, -0.1) is 0 Å². The number of carbonyl (C=O) groups excluding carboxylic acids is 1. The number of hydrogen-bond acceptors (Lipinski definition) is 3. The third-order valence-corrected chi connectivity index (χ3v) is 3.78. The molecule has 3 rings (SSSR count). The molecule has 0 aromatic carbocycles. The van der Waals surface area contributed by atoms with Crippen LogP contribution in [-0.2, 0) is 4.79 Å². The quantitative estimate of drug-likeness (QED) is 0.806. The van der Waals surface area contributed by atoms with Gasteiger partial charge in [0.05, 0.1) is 5.69 Å². The lowest BCUT2D eigenvalue weighted by Crippen LogP contribution is -2.17. The molecule has 0 saturated carbocycles. The molecule has 0 bridgehead atoms. The lowest BCUT2D eigenvalue weighted by molar-refractivity contribution is -0.125. The van der Waals surface area contributed by atoms with E-state index in [-0.39, 0.29) is 5.91 Å². The van der Waals surface area contributed by atoms with E-state index in [0.717, 1.165) is 33.4 Å². The number of allylic oxidation sites excluding steroid dienone is 1. The highest BCUT2D eigenvalue weighted by atomic mass is 16.2. The Kier molecular flexibility index (Phi) is 3.93. The van der Waals surface area contributed by atoms with Crippen LogP contribution in [0.25, 0.3) is 27.7 Å². The number of H-pyrrole nitrogens is 1. The topological polar surface area (TPSA) is 61.9 Å². The van der Waals surface area contributed by atoms with Crippen LogP contribution in [0.2, 0.25) is 0 Å². The third-order valence-electron chi connectivity index (χ3n) is 3.78. The number of amides is 1. The van der Waals surface area contributed by atoms with Crippen LogP contribution in [0.15, 0.2) is 49.1 Å². The molecule has 3 heterocycles. The minimum Gasteiger partial charge on any atom is -0.346 e. The fourth-order valence-electron chi connectivity index (χ4n) is 2.37. The Morgan fingerprint density at radius 1 is 1.17 bits per heavy atom. The van der Waals surface area contributed by atoms with Crippen molar-refractivity contribution in [3.8, 4) is 11.1 Å². The first-order valence-electron chi connectivity index (χ1n) is 7.36. The van der Waals surface area contributed by atoms with Crippen LogP contribution in [0.1, 0.15) is 19.5 Å². The van der Waals surface area contributed by atoms with E-state index < -0.39 is 0 Å².